The van der Waals surface area contributed by atoms with Crippen LogP contribution in [0.5, 0.6) is 11.5 Å². The Bertz CT molecular complexity index is 1110. The van der Waals surface area contributed by atoms with Gasteiger partial charge in [-0.25, -0.2) is 0 Å². The van der Waals surface area contributed by atoms with Gasteiger partial charge in [0.2, 0.25) is 5.79 Å². The number of oxime groups is 1. The Morgan fingerprint density at radius 2 is 1.83 bits per heavy atom. The Kier molecular flexibility index (Phi) is 12.4. The van der Waals surface area contributed by atoms with Crippen molar-refractivity contribution in [2.45, 2.75) is 75.7 Å². The first-order valence-electron chi connectivity index (χ1n) is 15.6. The smallest absolute Gasteiger partial charge is 0.230 e. The number of aliphatic hydroxyl groups is 2. The molecule has 1 aromatic rings. The molecule has 6 atom stereocenters. The van der Waals surface area contributed by atoms with Crippen LogP contribution in [0.15, 0.2) is 60.3 Å². The van der Waals surface area contributed by atoms with Crippen LogP contribution in [0.4, 0.5) is 0 Å². The van der Waals surface area contributed by atoms with Crippen molar-refractivity contribution in [2.75, 3.05) is 38.8 Å². The molecule has 3 aliphatic rings. The number of fused-ring (bicyclic) bond motifs is 2. The van der Waals surface area contributed by atoms with E-state index < -0.39 is 5.79 Å². The van der Waals surface area contributed by atoms with E-state index in [1.54, 1.807) is 12.2 Å². The fraction of sp³-hybridized carbons (Fsp3) is 0.618. The summed E-state index contributed by atoms with van der Waals surface area (Å²) in [4.78, 5) is 5.71. The fourth-order valence-electron chi connectivity index (χ4n) is 7.06. The third-order valence-corrected chi connectivity index (χ3v) is 9.89. The van der Waals surface area contributed by atoms with Crippen molar-refractivity contribution < 1.29 is 29.3 Å². The zero-order chi connectivity index (χ0) is 30.0. The minimum absolute atomic E-state index is 0.000166. The standard InChI is InChI=1S/C34H49NO6S/c1-5-19-38-25-15-16-30-28(22-25)32-26(14-10-12-18-37)24(13-9-11-17-36)21-27-29(35-40-7-3)23-31(42-8-4)34(41-30,33(27)32)39-20-6-2/h5-6,15-16,21-22,24,26,31-33,36-37H,1-2,7-14,17-20,23H2,3-4H3/t24-,26+,31-,32+,33+,34+/m0/s1. The Morgan fingerprint density at radius 3 is 2.52 bits per heavy atom. The normalized spacial score (nSPS) is 28.7. The quantitative estimate of drug-likeness (QED) is 0.111. The van der Waals surface area contributed by atoms with Gasteiger partial charge in [-0.1, -0.05) is 49.7 Å². The summed E-state index contributed by atoms with van der Waals surface area (Å²) in [5.41, 5.74) is 3.26. The molecule has 0 unspecified atom stereocenters. The predicted molar refractivity (Wildman–Crippen MR) is 170 cm³/mol. The molecule has 8 heteroatoms. The fourth-order valence-corrected chi connectivity index (χ4v) is 8.24. The van der Waals surface area contributed by atoms with Crippen LogP contribution in [0, 0.1) is 17.8 Å². The van der Waals surface area contributed by atoms with Gasteiger partial charge in [-0.2, -0.15) is 11.8 Å². The summed E-state index contributed by atoms with van der Waals surface area (Å²) in [5.74, 6) is 2.16. The van der Waals surface area contributed by atoms with Crippen LogP contribution < -0.4 is 9.47 Å². The molecule has 1 saturated carbocycles. The number of aliphatic hydroxyl groups excluding tert-OH is 2. The average Bonchev–Trinajstić information content (AvgIpc) is 3.00. The molecule has 2 N–H and O–H groups in total. The second-order valence-corrected chi connectivity index (χ2v) is 12.7. The molecule has 4 rings (SSSR count). The van der Waals surface area contributed by atoms with E-state index in [-0.39, 0.29) is 42.1 Å². The number of hydrogen-bond acceptors (Lipinski definition) is 8. The molecule has 0 radical (unpaired) electrons. The molecule has 2 aliphatic carbocycles. The van der Waals surface area contributed by atoms with Crippen molar-refractivity contribution in [3.05, 3.63) is 60.7 Å². The van der Waals surface area contributed by atoms with Crippen molar-refractivity contribution in [1.29, 1.82) is 0 Å². The summed E-state index contributed by atoms with van der Waals surface area (Å²) in [6, 6.07) is 6.14. The minimum atomic E-state index is -0.904. The van der Waals surface area contributed by atoms with Gasteiger partial charge in [-0.15, -0.1) is 6.58 Å². The molecule has 0 spiro atoms. The topological polar surface area (TPSA) is 89.7 Å². The van der Waals surface area contributed by atoms with Crippen LogP contribution in [-0.4, -0.2) is 65.7 Å². The van der Waals surface area contributed by atoms with Crippen molar-refractivity contribution in [3.63, 3.8) is 0 Å². The zero-order valence-corrected chi connectivity index (χ0v) is 26.2. The molecular formula is C34H49NO6S. The summed E-state index contributed by atoms with van der Waals surface area (Å²) in [5, 5.41) is 24.0. The number of allylic oxidation sites excluding steroid dienone is 1. The summed E-state index contributed by atoms with van der Waals surface area (Å²) < 4.78 is 19.9. The maximum absolute atomic E-state index is 9.68. The van der Waals surface area contributed by atoms with E-state index in [1.807, 2.05) is 30.8 Å². The van der Waals surface area contributed by atoms with Crippen LogP contribution >= 0.6 is 11.8 Å². The lowest BCUT2D eigenvalue weighted by atomic mass is 9.56. The van der Waals surface area contributed by atoms with Gasteiger partial charge in [-0.3, -0.25) is 0 Å². The van der Waals surface area contributed by atoms with E-state index in [0.717, 1.165) is 72.6 Å². The van der Waals surface area contributed by atoms with Gasteiger partial charge in [-0.05, 0) is 74.0 Å². The van der Waals surface area contributed by atoms with Gasteiger partial charge in [0.1, 0.15) is 24.7 Å². The van der Waals surface area contributed by atoms with Crippen LogP contribution in [0.1, 0.15) is 70.3 Å². The van der Waals surface area contributed by atoms with Crippen molar-refractivity contribution in [2.24, 2.45) is 22.9 Å². The Labute approximate surface area is 256 Å². The summed E-state index contributed by atoms with van der Waals surface area (Å²) in [7, 11) is 0. The molecule has 1 heterocycles. The van der Waals surface area contributed by atoms with Crippen molar-refractivity contribution in [1.82, 2.24) is 0 Å². The molecule has 1 fully saturated rings. The lowest BCUT2D eigenvalue weighted by Gasteiger charge is -2.58. The van der Waals surface area contributed by atoms with E-state index >= 15 is 0 Å². The number of nitrogens with zero attached hydrogens (tertiary/aromatic N) is 1. The molecule has 7 nitrogen and oxygen atoms in total. The first-order chi connectivity index (χ1) is 20.6. The Hall–Kier alpha value is -2.26. The second kappa shape index (κ2) is 16.0. The van der Waals surface area contributed by atoms with Gasteiger partial charge in [0.05, 0.1) is 23.5 Å². The molecule has 1 aromatic carbocycles. The molecule has 0 amide bonds. The number of ether oxygens (including phenoxy) is 3. The van der Waals surface area contributed by atoms with Crippen LogP contribution in [0.2, 0.25) is 0 Å². The van der Waals surface area contributed by atoms with Crippen molar-refractivity contribution >= 4 is 17.5 Å². The highest BCUT2D eigenvalue weighted by Gasteiger charge is 2.63. The highest BCUT2D eigenvalue weighted by molar-refractivity contribution is 8.00. The molecule has 1 aliphatic heterocycles. The largest absolute Gasteiger partial charge is 0.490 e. The molecular weight excluding hydrogens is 550 g/mol. The minimum Gasteiger partial charge on any atom is -0.490 e. The number of unbranched alkanes of at least 4 members (excludes halogenated alkanes) is 2. The van der Waals surface area contributed by atoms with E-state index in [2.05, 4.69) is 32.2 Å². The summed E-state index contributed by atoms with van der Waals surface area (Å²) in [6.45, 7) is 13.6. The monoisotopic (exact) mass is 599 g/mol. The number of benzene rings is 1. The molecule has 0 saturated heterocycles. The maximum Gasteiger partial charge on any atom is 0.230 e. The first-order valence-corrected chi connectivity index (χ1v) is 16.7. The molecule has 0 bridgehead atoms. The Morgan fingerprint density at radius 1 is 1.07 bits per heavy atom. The van der Waals surface area contributed by atoms with Crippen LogP contribution in [-0.2, 0) is 9.57 Å². The lowest BCUT2D eigenvalue weighted by Crippen LogP contribution is -2.64. The van der Waals surface area contributed by atoms with Gasteiger partial charge in [0, 0.05) is 31.1 Å². The van der Waals surface area contributed by atoms with Crippen LogP contribution in [0.25, 0.3) is 0 Å². The number of thioether (sulfide) groups is 1. The second-order valence-electron chi connectivity index (χ2n) is 11.2. The van der Waals surface area contributed by atoms with Gasteiger partial charge in [0.15, 0.2) is 0 Å². The summed E-state index contributed by atoms with van der Waals surface area (Å²) in [6.07, 6.45) is 12.0. The SMILES string of the molecule is C=CCOc1ccc2c(c1)[C@H]1[C@H](CCCCO)[C@@H](CCCCO)C=C3C(=NOCC)C[C@H](SCC)[C@@](OCC=C)(O2)[C@H]31. The van der Waals surface area contributed by atoms with E-state index in [1.165, 1.54) is 0 Å². The molecule has 0 aromatic heterocycles. The maximum atomic E-state index is 9.68. The van der Waals surface area contributed by atoms with Crippen LogP contribution in [0.3, 0.4) is 0 Å². The van der Waals surface area contributed by atoms with Gasteiger partial charge < -0.3 is 29.3 Å². The number of hydrogen-bond donors (Lipinski definition) is 2. The predicted octanol–water partition coefficient (Wildman–Crippen LogP) is 6.66. The van der Waals surface area contributed by atoms with Crippen molar-refractivity contribution in [3.8, 4) is 11.5 Å². The van der Waals surface area contributed by atoms with Gasteiger partial charge >= 0.3 is 0 Å². The zero-order valence-electron chi connectivity index (χ0n) is 25.3. The van der Waals surface area contributed by atoms with E-state index in [4.69, 9.17) is 24.2 Å². The van der Waals surface area contributed by atoms with Gasteiger partial charge in [0.25, 0.3) is 0 Å². The number of rotatable bonds is 18. The van der Waals surface area contributed by atoms with E-state index in [0.29, 0.717) is 26.2 Å². The van der Waals surface area contributed by atoms with E-state index in [9.17, 15) is 10.2 Å². The highest BCUT2D eigenvalue weighted by Crippen LogP contribution is 2.62. The first kappa shape index (κ1) is 32.6. The summed E-state index contributed by atoms with van der Waals surface area (Å²) >= 11 is 1.85. The average molecular weight is 600 g/mol. The highest BCUT2D eigenvalue weighted by atomic mass is 32.2. The molecule has 42 heavy (non-hydrogen) atoms. The molecule has 232 valence electrons. The lowest BCUT2D eigenvalue weighted by molar-refractivity contribution is -0.223. The third-order valence-electron chi connectivity index (χ3n) is 8.66. The third kappa shape index (κ3) is 6.93. The Balaban J connectivity index is 1.95.